The number of likely N-dealkylation sites (tertiary alicyclic amines) is 1. The van der Waals surface area contributed by atoms with Crippen LogP contribution in [0.25, 0.3) is 0 Å². The van der Waals surface area contributed by atoms with Crippen LogP contribution >= 0.6 is 0 Å². The molecule has 104 valence electrons. The second kappa shape index (κ2) is 5.29. The number of piperidine rings is 1. The average Bonchev–Trinajstić information content (AvgIpc) is 2.76. The molecule has 19 heavy (non-hydrogen) atoms. The molecule has 1 aromatic rings. The van der Waals surface area contributed by atoms with Crippen LogP contribution in [0.3, 0.4) is 0 Å². The lowest BCUT2D eigenvalue weighted by Crippen LogP contribution is -2.44. The number of nitrogens with two attached hydrogens (primary N) is 1. The summed E-state index contributed by atoms with van der Waals surface area (Å²) in [6.07, 6.45) is 3.42. The van der Waals surface area contributed by atoms with E-state index in [1.807, 2.05) is 6.92 Å². The predicted octanol–water partition coefficient (Wildman–Crippen LogP) is 0.327. The second-order valence-corrected chi connectivity index (χ2v) is 4.92. The van der Waals surface area contributed by atoms with E-state index >= 15 is 0 Å². The van der Waals surface area contributed by atoms with Crippen molar-refractivity contribution in [3.05, 3.63) is 17.5 Å². The zero-order valence-corrected chi connectivity index (χ0v) is 11.2. The van der Waals surface area contributed by atoms with Crippen molar-refractivity contribution in [1.29, 1.82) is 0 Å². The summed E-state index contributed by atoms with van der Waals surface area (Å²) >= 11 is 0. The molecular formula is C12H19N5O2. The van der Waals surface area contributed by atoms with Crippen LogP contribution in [0.15, 0.2) is 11.4 Å². The summed E-state index contributed by atoms with van der Waals surface area (Å²) in [5.74, 6) is 0.0844. The third-order valence-electron chi connectivity index (χ3n) is 3.49. The Morgan fingerprint density at radius 3 is 2.95 bits per heavy atom. The lowest BCUT2D eigenvalue weighted by atomic mass is 9.96. The quantitative estimate of drug-likeness (QED) is 0.348. The van der Waals surface area contributed by atoms with E-state index in [1.54, 1.807) is 22.8 Å². The van der Waals surface area contributed by atoms with Crippen LogP contribution in [-0.4, -0.2) is 44.7 Å². The van der Waals surface area contributed by atoms with E-state index in [2.05, 4.69) is 10.3 Å². The van der Waals surface area contributed by atoms with Crippen LogP contribution in [0.5, 0.6) is 0 Å². The van der Waals surface area contributed by atoms with E-state index in [0.717, 1.165) is 18.5 Å². The monoisotopic (exact) mass is 265 g/mol. The Hall–Kier alpha value is -2.05. The van der Waals surface area contributed by atoms with Gasteiger partial charge in [-0.2, -0.15) is 5.10 Å². The number of oxime groups is 1. The Balaban J connectivity index is 2.13. The fourth-order valence-electron chi connectivity index (χ4n) is 2.46. The Bertz CT molecular complexity index is 508. The van der Waals surface area contributed by atoms with Crippen molar-refractivity contribution in [2.24, 2.45) is 23.9 Å². The molecule has 1 aliphatic rings. The van der Waals surface area contributed by atoms with Crippen LogP contribution in [0.2, 0.25) is 0 Å². The molecule has 2 rings (SSSR count). The van der Waals surface area contributed by atoms with Crippen molar-refractivity contribution in [3.8, 4) is 0 Å². The smallest absolute Gasteiger partial charge is 0.257 e. The summed E-state index contributed by atoms with van der Waals surface area (Å²) in [5.41, 5.74) is 6.96. The first-order valence-electron chi connectivity index (χ1n) is 6.30. The Morgan fingerprint density at radius 2 is 2.37 bits per heavy atom. The van der Waals surface area contributed by atoms with Crippen molar-refractivity contribution >= 4 is 11.7 Å². The van der Waals surface area contributed by atoms with Gasteiger partial charge in [0, 0.05) is 32.3 Å². The third-order valence-corrected chi connectivity index (χ3v) is 3.49. The standard InChI is InChI=1S/C12H19N5O2/c1-8-10(7-16(2)14-8)12(18)17-5-3-4-9(6-17)11(13)15-19/h7,9,19H,3-6H2,1-2H3,(H2,13,15). The van der Waals surface area contributed by atoms with Crippen molar-refractivity contribution in [2.45, 2.75) is 19.8 Å². The molecule has 0 bridgehead atoms. The highest BCUT2D eigenvalue weighted by atomic mass is 16.4. The van der Waals surface area contributed by atoms with E-state index < -0.39 is 0 Å². The predicted molar refractivity (Wildman–Crippen MR) is 70.0 cm³/mol. The molecule has 1 unspecified atom stereocenters. The van der Waals surface area contributed by atoms with Gasteiger partial charge in [-0.15, -0.1) is 0 Å². The highest BCUT2D eigenvalue weighted by Crippen LogP contribution is 2.19. The van der Waals surface area contributed by atoms with E-state index in [-0.39, 0.29) is 17.7 Å². The number of nitrogens with zero attached hydrogens (tertiary/aromatic N) is 4. The maximum absolute atomic E-state index is 12.4. The molecule has 1 aliphatic heterocycles. The van der Waals surface area contributed by atoms with Gasteiger partial charge in [0.15, 0.2) is 0 Å². The van der Waals surface area contributed by atoms with Crippen LogP contribution in [0, 0.1) is 12.8 Å². The van der Waals surface area contributed by atoms with E-state index in [1.165, 1.54) is 0 Å². The van der Waals surface area contributed by atoms with Gasteiger partial charge in [0.05, 0.1) is 11.3 Å². The number of rotatable bonds is 2. The number of aryl methyl sites for hydroxylation is 2. The molecule has 1 amide bonds. The first kappa shape index (κ1) is 13.4. The molecule has 3 N–H and O–H groups in total. The van der Waals surface area contributed by atoms with E-state index in [4.69, 9.17) is 10.9 Å². The van der Waals surface area contributed by atoms with Gasteiger partial charge >= 0.3 is 0 Å². The van der Waals surface area contributed by atoms with Crippen molar-refractivity contribution in [1.82, 2.24) is 14.7 Å². The highest BCUT2D eigenvalue weighted by Gasteiger charge is 2.28. The molecule has 7 heteroatoms. The van der Waals surface area contributed by atoms with Gasteiger partial charge in [0.1, 0.15) is 5.84 Å². The third kappa shape index (κ3) is 2.69. The summed E-state index contributed by atoms with van der Waals surface area (Å²) in [7, 11) is 1.79. The van der Waals surface area contributed by atoms with Gasteiger partial charge in [-0.3, -0.25) is 9.48 Å². The average molecular weight is 265 g/mol. The number of carbonyl (C=O) groups is 1. The number of hydrogen-bond donors (Lipinski definition) is 2. The Kier molecular flexibility index (Phi) is 3.73. The number of amides is 1. The fraction of sp³-hybridized carbons (Fsp3) is 0.583. The van der Waals surface area contributed by atoms with Gasteiger partial charge in [0.25, 0.3) is 5.91 Å². The molecule has 7 nitrogen and oxygen atoms in total. The molecule has 2 heterocycles. The first-order chi connectivity index (χ1) is 9.02. The maximum Gasteiger partial charge on any atom is 0.257 e. The van der Waals surface area contributed by atoms with Crippen LogP contribution in [0.4, 0.5) is 0 Å². The van der Waals surface area contributed by atoms with Gasteiger partial charge < -0.3 is 15.8 Å². The molecule has 1 atom stereocenters. The number of hydrogen-bond acceptors (Lipinski definition) is 4. The minimum atomic E-state index is -0.0697. The Morgan fingerprint density at radius 1 is 1.63 bits per heavy atom. The van der Waals surface area contributed by atoms with Gasteiger partial charge in [0.2, 0.25) is 0 Å². The SMILES string of the molecule is Cc1nn(C)cc1C(=O)N1CCCC(/C(N)=N/O)C1. The minimum Gasteiger partial charge on any atom is -0.409 e. The molecule has 0 spiro atoms. The van der Waals surface area contributed by atoms with Crippen molar-refractivity contribution in [3.63, 3.8) is 0 Å². The lowest BCUT2D eigenvalue weighted by Gasteiger charge is -2.31. The molecule has 1 aromatic heterocycles. The summed E-state index contributed by atoms with van der Waals surface area (Å²) in [5, 5.41) is 15.9. The van der Waals surface area contributed by atoms with Gasteiger partial charge in [-0.1, -0.05) is 5.16 Å². The minimum absolute atomic E-state index is 0.0407. The zero-order valence-electron chi connectivity index (χ0n) is 11.2. The second-order valence-electron chi connectivity index (χ2n) is 4.92. The highest BCUT2D eigenvalue weighted by molar-refractivity contribution is 5.95. The molecule has 0 radical (unpaired) electrons. The summed E-state index contributed by atoms with van der Waals surface area (Å²) in [4.78, 5) is 14.2. The zero-order chi connectivity index (χ0) is 14.0. The van der Waals surface area contributed by atoms with E-state index in [0.29, 0.717) is 18.7 Å². The van der Waals surface area contributed by atoms with Gasteiger partial charge in [-0.25, -0.2) is 0 Å². The lowest BCUT2D eigenvalue weighted by molar-refractivity contribution is 0.0700. The molecule has 1 saturated heterocycles. The molecule has 1 fully saturated rings. The number of amidine groups is 1. The number of carbonyl (C=O) groups excluding carboxylic acids is 1. The van der Waals surface area contributed by atoms with Crippen molar-refractivity contribution in [2.75, 3.05) is 13.1 Å². The normalized spacial score (nSPS) is 20.6. The first-order valence-corrected chi connectivity index (χ1v) is 6.30. The van der Waals surface area contributed by atoms with Crippen LogP contribution < -0.4 is 5.73 Å². The molecular weight excluding hydrogens is 246 g/mol. The number of aromatic nitrogens is 2. The molecule has 0 aromatic carbocycles. The maximum atomic E-state index is 12.4. The summed E-state index contributed by atoms with van der Waals surface area (Å²) < 4.78 is 1.63. The molecule has 0 saturated carbocycles. The summed E-state index contributed by atoms with van der Waals surface area (Å²) in [6.45, 7) is 3.00. The van der Waals surface area contributed by atoms with E-state index in [9.17, 15) is 4.79 Å². The van der Waals surface area contributed by atoms with Crippen LogP contribution in [0.1, 0.15) is 28.9 Å². The van der Waals surface area contributed by atoms with Gasteiger partial charge in [-0.05, 0) is 19.8 Å². The van der Waals surface area contributed by atoms with Crippen molar-refractivity contribution < 1.29 is 10.0 Å². The molecule has 0 aliphatic carbocycles. The fourth-order valence-corrected chi connectivity index (χ4v) is 2.46. The Labute approximate surface area is 111 Å². The largest absolute Gasteiger partial charge is 0.409 e. The topological polar surface area (TPSA) is 96.7 Å². The van der Waals surface area contributed by atoms with Crippen LogP contribution in [-0.2, 0) is 7.05 Å². The summed E-state index contributed by atoms with van der Waals surface area (Å²) in [6, 6.07) is 0.